The molecule has 0 amide bonds. The molecule has 0 atom stereocenters. The van der Waals surface area contributed by atoms with Crippen LogP contribution in [0.5, 0.6) is 0 Å². The van der Waals surface area contributed by atoms with E-state index < -0.39 is 62.5 Å². The van der Waals surface area contributed by atoms with Crippen molar-refractivity contribution in [2.24, 2.45) is 0 Å². The van der Waals surface area contributed by atoms with Crippen molar-refractivity contribution in [1.82, 2.24) is 19.9 Å². The van der Waals surface area contributed by atoms with Crippen molar-refractivity contribution in [3.05, 3.63) is 92.1 Å². The zero-order valence-electron chi connectivity index (χ0n) is 22.3. The molecule has 46 heavy (non-hydrogen) atoms. The van der Waals surface area contributed by atoms with Gasteiger partial charge in [0.05, 0.1) is 27.8 Å². The Morgan fingerprint density at radius 3 is 1.20 bits per heavy atom. The highest BCUT2D eigenvalue weighted by Gasteiger charge is 2.41. The number of fused-ring (bicyclic) bond motifs is 2. The third kappa shape index (κ3) is 3.97. The fourth-order valence-electron chi connectivity index (χ4n) is 5.20. The van der Waals surface area contributed by atoms with Crippen molar-refractivity contribution in [2.75, 3.05) is 0 Å². The molecular weight excluding hydrogens is 592 g/mol. The maximum absolute atomic E-state index is 15.3. The van der Waals surface area contributed by atoms with E-state index in [4.69, 9.17) is 10.5 Å². The summed E-state index contributed by atoms with van der Waals surface area (Å²) in [5, 5.41) is 88.7. The lowest BCUT2D eigenvalue weighted by molar-refractivity contribution is 0.573. The summed E-state index contributed by atoms with van der Waals surface area (Å²) in [5.41, 5.74) is -5.94. The van der Waals surface area contributed by atoms with Crippen LogP contribution in [0.25, 0.3) is 33.4 Å². The van der Waals surface area contributed by atoms with Crippen molar-refractivity contribution in [1.29, 1.82) is 47.4 Å². The van der Waals surface area contributed by atoms with E-state index in [0.717, 1.165) is 12.4 Å². The molecule has 13 nitrogen and oxygen atoms in total. The van der Waals surface area contributed by atoms with Gasteiger partial charge in [0.25, 0.3) is 0 Å². The lowest BCUT2D eigenvalue weighted by Gasteiger charge is -2.13. The zero-order chi connectivity index (χ0) is 33.3. The minimum atomic E-state index is -1.30. The lowest BCUT2D eigenvalue weighted by Crippen LogP contribution is -2.01. The van der Waals surface area contributed by atoms with Gasteiger partial charge in [-0.25, -0.2) is 9.97 Å². The summed E-state index contributed by atoms with van der Waals surface area (Å²) < 4.78 is 30.6. The number of aromatic nitrogens is 4. The smallest absolute Gasteiger partial charge is 0.227 e. The Balaban J connectivity index is 2.04. The molecule has 0 fully saturated rings. The number of hydrogen-bond donors (Lipinski definition) is 0. The Labute approximate surface area is 256 Å². The van der Waals surface area contributed by atoms with Crippen LogP contribution in [-0.2, 0) is 0 Å². The van der Waals surface area contributed by atoms with E-state index >= 15 is 8.78 Å². The average molecular weight is 595 g/mol. The van der Waals surface area contributed by atoms with E-state index in [9.17, 15) is 36.8 Å². The summed E-state index contributed by atoms with van der Waals surface area (Å²) in [6.45, 7) is 0. The number of halogens is 2. The molecular formula is C31H3F2N13. The van der Waals surface area contributed by atoms with Crippen LogP contribution in [0.4, 0.5) is 8.78 Å². The number of nitrogens with zero attached hydrogens (tertiary/aromatic N) is 13. The molecule has 0 saturated heterocycles. The topological polar surface area (TPSA) is 266 Å². The van der Waals surface area contributed by atoms with E-state index in [2.05, 4.69) is 19.9 Å². The average Bonchev–Trinajstić information content (AvgIpc) is 3.57. The van der Waals surface area contributed by atoms with Gasteiger partial charge in [0.15, 0.2) is 0 Å². The van der Waals surface area contributed by atoms with Crippen molar-refractivity contribution < 1.29 is 8.78 Å². The van der Waals surface area contributed by atoms with Gasteiger partial charge in [-0.3, -0.25) is 0 Å². The van der Waals surface area contributed by atoms with Crippen LogP contribution in [0.1, 0.15) is 50.6 Å². The first-order chi connectivity index (χ1) is 22.3. The molecule has 3 aromatic rings. The van der Waals surface area contributed by atoms with Crippen LogP contribution in [0.2, 0.25) is 0 Å². The van der Waals surface area contributed by atoms with Crippen molar-refractivity contribution in [2.45, 2.75) is 0 Å². The molecule has 15 heteroatoms. The highest BCUT2D eigenvalue weighted by Crippen LogP contribution is 2.56. The minimum absolute atomic E-state index is 0.175. The first-order valence-corrected chi connectivity index (χ1v) is 12.2. The standard InChI is InChI=1S/C31H3F2N13/c32-30-20(11-43-22(9-41)45-30)28-18(7-39)26-15(24(28)13(2-34)3-35)1-16-25(14(4-36)5-37)29(19(8-40)27(16)17(26)6-38)21-12-44-23(10-42)46-31(21)33/h1,11-12H. The SMILES string of the molecule is N#CC(C#N)=C1C(c2cnc(C#N)nc2F)=C(C#N)c2c1cc1c(c2C#N)C(C#N)=C(c2cnc(C#N)nc2F)C1=C(C#N)C#N. The third-order valence-electron chi connectivity index (χ3n) is 6.87. The van der Waals surface area contributed by atoms with Crippen LogP contribution >= 0.6 is 0 Å². The summed E-state index contributed by atoms with van der Waals surface area (Å²) >= 11 is 0. The van der Waals surface area contributed by atoms with Gasteiger partial charge in [0, 0.05) is 45.8 Å². The van der Waals surface area contributed by atoms with Gasteiger partial charge in [-0.2, -0.15) is 66.1 Å². The summed E-state index contributed by atoms with van der Waals surface area (Å²) in [7, 11) is 0. The lowest BCUT2D eigenvalue weighted by atomic mass is 9.87. The van der Waals surface area contributed by atoms with Crippen molar-refractivity contribution >= 4 is 33.4 Å². The van der Waals surface area contributed by atoms with Crippen molar-refractivity contribution in [3.63, 3.8) is 0 Å². The summed E-state index contributed by atoms with van der Waals surface area (Å²) in [6, 6.07) is 16.5. The van der Waals surface area contributed by atoms with Crippen LogP contribution in [0.15, 0.2) is 29.6 Å². The van der Waals surface area contributed by atoms with E-state index in [-0.39, 0.29) is 44.5 Å². The summed E-state index contributed by atoms with van der Waals surface area (Å²) in [6.07, 6.45) is 1.71. The van der Waals surface area contributed by atoms with Crippen LogP contribution in [0, 0.1) is 114 Å². The Bertz CT molecular complexity index is 2340. The summed E-state index contributed by atoms with van der Waals surface area (Å²) in [4.78, 5) is 14.3. The second-order valence-electron chi connectivity index (χ2n) is 8.90. The second-order valence-corrected chi connectivity index (χ2v) is 8.90. The van der Waals surface area contributed by atoms with Gasteiger partial charge in [0.2, 0.25) is 23.5 Å². The van der Waals surface area contributed by atoms with E-state index in [1.54, 1.807) is 36.4 Å². The molecule has 0 unspecified atom stereocenters. The molecule has 0 bridgehead atoms. The molecule has 0 spiro atoms. The molecule has 2 aliphatic carbocycles. The van der Waals surface area contributed by atoms with Gasteiger partial charge >= 0.3 is 0 Å². The van der Waals surface area contributed by atoms with Gasteiger partial charge in [-0.15, -0.1) is 0 Å². The molecule has 1 aromatic carbocycles. The van der Waals surface area contributed by atoms with Gasteiger partial charge in [0.1, 0.15) is 65.8 Å². The maximum Gasteiger partial charge on any atom is 0.234 e. The molecule has 206 valence electrons. The first kappa shape index (κ1) is 29.1. The molecule has 0 saturated carbocycles. The number of benzene rings is 1. The minimum Gasteiger partial charge on any atom is -0.227 e. The molecule has 0 N–H and O–H groups in total. The summed E-state index contributed by atoms with van der Waals surface area (Å²) in [5.74, 6) is -3.73. The molecule has 2 aromatic heterocycles. The van der Waals surface area contributed by atoms with Crippen LogP contribution in [-0.4, -0.2) is 19.9 Å². The van der Waals surface area contributed by atoms with Crippen molar-refractivity contribution in [3.8, 4) is 54.6 Å². The fraction of sp³-hybridized carbons (Fsp3) is 0. The molecule has 2 aliphatic rings. The van der Waals surface area contributed by atoms with Gasteiger partial charge < -0.3 is 0 Å². The van der Waals surface area contributed by atoms with E-state index in [1.165, 1.54) is 6.07 Å². The van der Waals surface area contributed by atoms with E-state index in [0.29, 0.717) is 0 Å². The zero-order valence-corrected chi connectivity index (χ0v) is 22.3. The normalized spacial score (nSPS) is 12.1. The van der Waals surface area contributed by atoms with Crippen LogP contribution < -0.4 is 0 Å². The van der Waals surface area contributed by atoms with Crippen LogP contribution in [0.3, 0.4) is 0 Å². The monoisotopic (exact) mass is 595 g/mol. The number of allylic oxidation sites excluding steroid dienone is 8. The molecule has 5 rings (SSSR count). The number of nitriles is 9. The first-order valence-electron chi connectivity index (χ1n) is 12.2. The van der Waals surface area contributed by atoms with Gasteiger partial charge in [-0.1, -0.05) is 0 Å². The largest absolute Gasteiger partial charge is 0.234 e. The Kier molecular flexibility index (Phi) is 7.04. The molecule has 0 radical (unpaired) electrons. The van der Waals surface area contributed by atoms with Gasteiger partial charge in [-0.05, 0) is 17.2 Å². The fourth-order valence-corrected chi connectivity index (χ4v) is 5.20. The highest BCUT2D eigenvalue weighted by molar-refractivity contribution is 6.30. The quantitative estimate of drug-likeness (QED) is 0.302. The molecule has 0 aliphatic heterocycles. The highest BCUT2D eigenvalue weighted by atomic mass is 19.1. The van der Waals surface area contributed by atoms with E-state index in [1.807, 2.05) is 18.2 Å². The predicted octanol–water partition coefficient (Wildman–Crippen LogP) is 3.66. The third-order valence-corrected chi connectivity index (χ3v) is 6.87. The number of hydrogen-bond acceptors (Lipinski definition) is 13. The number of rotatable bonds is 2. The Morgan fingerprint density at radius 2 is 0.913 bits per heavy atom. The molecule has 2 heterocycles. The Morgan fingerprint density at radius 1 is 0.522 bits per heavy atom. The second kappa shape index (κ2) is 11.1. The predicted molar refractivity (Wildman–Crippen MR) is 146 cm³/mol. The Hall–Kier alpha value is -8.39. The maximum atomic E-state index is 15.3.